The van der Waals surface area contributed by atoms with Crippen LogP contribution >= 0.6 is 0 Å². The minimum atomic E-state index is -0.269. The van der Waals surface area contributed by atoms with Crippen molar-refractivity contribution in [3.05, 3.63) is 29.6 Å². The zero-order chi connectivity index (χ0) is 10.7. The SMILES string of the molecule is CN(O)Cc1ccc(N(C)C)c(F)c1. The summed E-state index contributed by atoms with van der Waals surface area (Å²) < 4.78 is 13.4. The van der Waals surface area contributed by atoms with Crippen molar-refractivity contribution in [2.24, 2.45) is 0 Å². The lowest BCUT2D eigenvalue weighted by Crippen LogP contribution is -2.13. The molecule has 0 saturated carbocycles. The van der Waals surface area contributed by atoms with Crippen LogP contribution in [0.3, 0.4) is 0 Å². The maximum absolute atomic E-state index is 13.4. The van der Waals surface area contributed by atoms with Crippen molar-refractivity contribution in [1.82, 2.24) is 5.06 Å². The van der Waals surface area contributed by atoms with E-state index in [0.29, 0.717) is 12.2 Å². The van der Waals surface area contributed by atoms with Gasteiger partial charge in [-0.3, -0.25) is 0 Å². The number of hydroxylamine groups is 2. The van der Waals surface area contributed by atoms with E-state index in [1.165, 1.54) is 13.1 Å². The molecule has 14 heavy (non-hydrogen) atoms. The Labute approximate surface area is 83.3 Å². The minimum Gasteiger partial charge on any atom is -0.375 e. The van der Waals surface area contributed by atoms with Crippen LogP contribution in [-0.2, 0) is 6.54 Å². The van der Waals surface area contributed by atoms with Crippen LogP contribution in [0.15, 0.2) is 18.2 Å². The van der Waals surface area contributed by atoms with Gasteiger partial charge in [-0.1, -0.05) is 6.07 Å². The quantitative estimate of drug-likeness (QED) is 0.749. The predicted molar refractivity (Wildman–Crippen MR) is 54.0 cm³/mol. The molecular weight excluding hydrogens is 183 g/mol. The molecule has 1 rings (SSSR count). The van der Waals surface area contributed by atoms with E-state index >= 15 is 0 Å². The van der Waals surface area contributed by atoms with Gasteiger partial charge in [-0.25, -0.2) is 4.39 Å². The van der Waals surface area contributed by atoms with E-state index in [-0.39, 0.29) is 5.82 Å². The average molecular weight is 198 g/mol. The fourth-order valence-corrected chi connectivity index (χ4v) is 1.28. The molecule has 0 spiro atoms. The van der Waals surface area contributed by atoms with E-state index in [1.54, 1.807) is 31.1 Å². The summed E-state index contributed by atoms with van der Waals surface area (Å²) in [6.45, 7) is 0.324. The molecule has 1 aromatic rings. The van der Waals surface area contributed by atoms with Crippen LogP contribution < -0.4 is 4.90 Å². The Bertz CT molecular complexity index is 313. The van der Waals surface area contributed by atoms with Crippen molar-refractivity contribution in [3.8, 4) is 0 Å². The van der Waals surface area contributed by atoms with Crippen molar-refractivity contribution < 1.29 is 9.60 Å². The maximum Gasteiger partial charge on any atom is 0.146 e. The predicted octanol–water partition coefficient (Wildman–Crippen LogP) is 1.71. The van der Waals surface area contributed by atoms with Gasteiger partial charge < -0.3 is 10.1 Å². The molecule has 0 aliphatic carbocycles. The summed E-state index contributed by atoms with van der Waals surface area (Å²) in [7, 11) is 5.10. The molecule has 0 saturated heterocycles. The fraction of sp³-hybridized carbons (Fsp3) is 0.400. The van der Waals surface area contributed by atoms with Crippen LogP contribution in [0.5, 0.6) is 0 Å². The van der Waals surface area contributed by atoms with Gasteiger partial charge in [-0.15, -0.1) is 0 Å². The Kier molecular flexibility index (Phi) is 3.43. The van der Waals surface area contributed by atoms with Crippen LogP contribution in [-0.4, -0.2) is 31.4 Å². The molecule has 0 aliphatic heterocycles. The molecule has 3 nitrogen and oxygen atoms in total. The van der Waals surface area contributed by atoms with Gasteiger partial charge in [0.05, 0.1) is 5.69 Å². The number of halogens is 1. The first-order chi connectivity index (χ1) is 6.50. The average Bonchev–Trinajstić information content (AvgIpc) is 2.01. The lowest BCUT2D eigenvalue weighted by molar-refractivity contribution is -0.0731. The molecule has 1 aromatic carbocycles. The Hall–Kier alpha value is -1.13. The van der Waals surface area contributed by atoms with Crippen molar-refractivity contribution in [3.63, 3.8) is 0 Å². The standard InChI is InChI=1S/C10H15FN2O/c1-12(2)10-5-4-8(6-9(10)11)7-13(3)14/h4-6,14H,7H2,1-3H3. The third-order valence-corrected chi connectivity index (χ3v) is 1.91. The number of hydrogen-bond acceptors (Lipinski definition) is 3. The summed E-state index contributed by atoms with van der Waals surface area (Å²) in [6, 6.07) is 4.93. The minimum absolute atomic E-state index is 0.269. The smallest absolute Gasteiger partial charge is 0.146 e. The van der Waals surface area contributed by atoms with Crippen LogP contribution in [0.25, 0.3) is 0 Å². The molecule has 0 radical (unpaired) electrons. The highest BCUT2D eigenvalue weighted by Crippen LogP contribution is 2.18. The largest absolute Gasteiger partial charge is 0.375 e. The molecule has 0 bridgehead atoms. The normalized spacial score (nSPS) is 10.7. The van der Waals surface area contributed by atoms with E-state index in [2.05, 4.69) is 0 Å². The number of benzene rings is 1. The molecule has 4 heteroatoms. The third-order valence-electron chi connectivity index (χ3n) is 1.91. The van der Waals surface area contributed by atoms with Gasteiger partial charge in [-0.05, 0) is 17.7 Å². The third kappa shape index (κ3) is 2.68. The molecular formula is C10H15FN2O. The number of hydrogen-bond donors (Lipinski definition) is 1. The molecule has 0 aromatic heterocycles. The van der Waals surface area contributed by atoms with Gasteiger partial charge in [0.25, 0.3) is 0 Å². The van der Waals surface area contributed by atoms with Crippen LogP contribution in [0, 0.1) is 5.82 Å². The van der Waals surface area contributed by atoms with E-state index in [4.69, 9.17) is 5.21 Å². The lowest BCUT2D eigenvalue weighted by Gasteiger charge is -2.15. The Morgan fingerprint density at radius 1 is 1.29 bits per heavy atom. The van der Waals surface area contributed by atoms with Gasteiger partial charge in [-0.2, -0.15) is 5.06 Å². The summed E-state index contributed by atoms with van der Waals surface area (Å²) in [6.07, 6.45) is 0. The van der Waals surface area contributed by atoms with Gasteiger partial charge in [0.1, 0.15) is 5.82 Å². The number of nitrogens with zero attached hydrogens (tertiary/aromatic N) is 2. The molecule has 0 amide bonds. The van der Waals surface area contributed by atoms with Gasteiger partial charge in [0.2, 0.25) is 0 Å². The summed E-state index contributed by atoms with van der Waals surface area (Å²) in [5.74, 6) is -0.269. The van der Waals surface area contributed by atoms with Crippen LogP contribution in [0.1, 0.15) is 5.56 Å². The van der Waals surface area contributed by atoms with Gasteiger partial charge in [0, 0.05) is 27.7 Å². The van der Waals surface area contributed by atoms with Gasteiger partial charge in [0.15, 0.2) is 0 Å². The first-order valence-corrected chi connectivity index (χ1v) is 4.36. The van der Waals surface area contributed by atoms with Crippen molar-refractivity contribution in [2.45, 2.75) is 6.54 Å². The molecule has 78 valence electrons. The van der Waals surface area contributed by atoms with Crippen LogP contribution in [0.2, 0.25) is 0 Å². The summed E-state index contributed by atoms with van der Waals surface area (Å²) >= 11 is 0. The monoisotopic (exact) mass is 198 g/mol. The lowest BCUT2D eigenvalue weighted by atomic mass is 10.2. The van der Waals surface area contributed by atoms with E-state index < -0.39 is 0 Å². The highest BCUT2D eigenvalue weighted by Gasteiger charge is 2.05. The van der Waals surface area contributed by atoms with E-state index in [1.807, 2.05) is 0 Å². The number of anilines is 1. The van der Waals surface area contributed by atoms with Crippen LogP contribution in [0.4, 0.5) is 10.1 Å². The molecule has 0 atom stereocenters. The van der Waals surface area contributed by atoms with Crippen molar-refractivity contribution in [2.75, 3.05) is 26.0 Å². The molecule has 0 fully saturated rings. The van der Waals surface area contributed by atoms with Crippen molar-refractivity contribution in [1.29, 1.82) is 0 Å². The first-order valence-electron chi connectivity index (χ1n) is 4.36. The second-order valence-corrected chi connectivity index (χ2v) is 3.50. The first kappa shape index (κ1) is 10.9. The molecule has 0 heterocycles. The molecule has 0 aliphatic rings. The molecule has 1 N–H and O–H groups in total. The van der Waals surface area contributed by atoms with Crippen molar-refractivity contribution >= 4 is 5.69 Å². The maximum atomic E-state index is 13.4. The van der Waals surface area contributed by atoms with E-state index in [0.717, 1.165) is 10.6 Å². The highest BCUT2D eigenvalue weighted by molar-refractivity contribution is 5.47. The molecule has 0 unspecified atom stereocenters. The highest BCUT2D eigenvalue weighted by atomic mass is 19.1. The Balaban J connectivity index is 2.89. The topological polar surface area (TPSA) is 26.7 Å². The summed E-state index contributed by atoms with van der Waals surface area (Å²) in [5, 5.41) is 9.99. The Morgan fingerprint density at radius 2 is 1.93 bits per heavy atom. The number of rotatable bonds is 3. The fourth-order valence-electron chi connectivity index (χ4n) is 1.28. The van der Waals surface area contributed by atoms with E-state index in [9.17, 15) is 4.39 Å². The summed E-state index contributed by atoms with van der Waals surface area (Å²) in [4.78, 5) is 1.71. The zero-order valence-corrected chi connectivity index (χ0v) is 8.66. The zero-order valence-electron chi connectivity index (χ0n) is 8.66. The second-order valence-electron chi connectivity index (χ2n) is 3.50. The summed E-state index contributed by atoms with van der Waals surface area (Å²) in [5.41, 5.74) is 1.30. The Morgan fingerprint density at radius 3 is 2.36 bits per heavy atom. The van der Waals surface area contributed by atoms with Gasteiger partial charge >= 0.3 is 0 Å². The second kappa shape index (κ2) is 4.39.